The van der Waals surface area contributed by atoms with Gasteiger partial charge in [-0.2, -0.15) is 0 Å². The molecule has 1 aromatic heterocycles. The molecular weight excluding hydrogens is 226 g/mol. The molecule has 0 fully saturated rings. The molecule has 0 amide bonds. The van der Waals surface area contributed by atoms with Gasteiger partial charge in [-0.25, -0.2) is 0 Å². The summed E-state index contributed by atoms with van der Waals surface area (Å²) in [6.07, 6.45) is 2.74. The first kappa shape index (κ1) is 12.6. The highest BCUT2D eigenvalue weighted by Gasteiger charge is 2.15. The molecule has 1 atom stereocenters. The highest BCUT2D eigenvalue weighted by molar-refractivity contribution is 5.40. The van der Waals surface area contributed by atoms with Gasteiger partial charge in [-0.3, -0.25) is 4.98 Å². The second kappa shape index (κ2) is 5.65. The van der Waals surface area contributed by atoms with Crippen LogP contribution in [-0.2, 0) is 0 Å². The van der Waals surface area contributed by atoms with Gasteiger partial charge in [0.05, 0.1) is 6.61 Å². The monoisotopic (exact) mass is 243 g/mol. The number of benzene rings is 1. The normalized spacial score (nSPS) is 12.2. The second-order valence-electron chi connectivity index (χ2n) is 4.17. The van der Waals surface area contributed by atoms with E-state index in [1.54, 1.807) is 12.4 Å². The number of hydrogen-bond donors (Lipinski definition) is 1. The van der Waals surface area contributed by atoms with Crippen LogP contribution in [0.1, 0.15) is 29.7 Å². The molecule has 3 heteroatoms. The number of nitrogens with zero attached hydrogens (tertiary/aromatic N) is 1. The summed E-state index contributed by atoms with van der Waals surface area (Å²) in [6.45, 7) is 4.46. The predicted octanol–water partition coefficient (Wildman–Crippen LogP) is 2.87. The van der Waals surface area contributed by atoms with Crippen molar-refractivity contribution in [1.29, 1.82) is 0 Å². The van der Waals surface area contributed by atoms with Crippen molar-refractivity contribution in [3.05, 3.63) is 59.4 Å². The zero-order valence-electron chi connectivity index (χ0n) is 10.6. The third-order valence-electron chi connectivity index (χ3n) is 2.73. The quantitative estimate of drug-likeness (QED) is 0.897. The fourth-order valence-electron chi connectivity index (χ4n) is 1.90. The Hall–Kier alpha value is -1.87. The summed E-state index contributed by atoms with van der Waals surface area (Å²) in [7, 11) is 0. The van der Waals surface area contributed by atoms with Gasteiger partial charge in [0.2, 0.25) is 0 Å². The number of aliphatic hydroxyl groups excluding tert-OH is 1. The van der Waals surface area contributed by atoms with Gasteiger partial charge in [0.1, 0.15) is 11.9 Å². The maximum Gasteiger partial charge on any atom is 0.125 e. The van der Waals surface area contributed by atoms with Gasteiger partial charge in [0, 0.05) is 23.5 Å². The smallest absolute Gasteiger partial charge is 0.125 e. The summed E-state index contributed by atoms with van der Waals surface area (Å²) in [5.74, 6) is 0.717. The Labute approximate surface area is 107 Å². The second-order valence-corrected chi connectivity index (χ2v) is 4.17. The van der Waals surface area contributed by atoms with Gasteiger partial charge in [-0.05, 0) is 25.5 Å². The number of hydrogen-bond acceptors (Lipinski definition) is 3. The molecule has 1 aromatic carbocycles. The lowest BCUT2D eigenvalue weighted by Gasteiger charge is -2.15. The van der Waals surface area contributed by atoms with E-state index >= 15 is 0 Å². The molecule has 0 radical (unpaired) electrons. The number of aliphatic hydroxyl groups is 1. The Bertz CT molecular complexity index is 525. The van der Waals surface area contributed by atoms with Crippen LogP contribution < -0.4 is 4.74 Å². The van der Waals surface area contributed by atoms with E-state index in [2.05, 4.69) is 4.98 Å². The first-order valence-corrected chi connectivity index (χ1v) is 6.03. The molecular formula is C15H17NO2. The van der Waals surface area contributed by atoms with E-state index in [0.29, 0.717) is 12.4 Å². The summed E-state index contributed by atoms with van der Waals surface area (Å²) in [4.78, 5) is 4.11. The van der Waals surface area contributed by atoms with E-state index in [-0.39, 0.29) is 0 Å². The maximum absolute atomic E-state index is 10.4. The largest absolute Gasteiger partial charge is 0.493 e. The van der Waals surface area contributed by atoms with Gasteiger partial charge in [-0.15, -0.1) is 0 Å². The number of aryl methyl sites for hydroxylation is 1. The van der Waals surface area contributed by atoms with Crippen LogP contribution in [0.4, 0.5) is 0 Å². The standard InChI is InChI=1S/C15H17NO2/c1-3-18-14-7-5-4-6-13(14)15(17)12-8-11(2)9-16-10-12/h4-10,15,17H,3H2,1-2H3. The van der Waals surface area contributed by atoms with Crippen LogP contribution in [0.2, 0.25) is 0 Å². The van der Waals surface area contributed by atoms with Crippen molar-refractivity contribution in [2.24, 2.45) is 0 Å². The first-order valence-electron chi connectivity index (χ1n) is 6.03. The molecule has 94 valence electrons. The van der Waals surface area contributed by atoms with Gasteiger partial charge in [-0.1, -0.05) is 24.3 Å². The van der Waals surface area contributed by atoms with E-state index in [1.165, 1.54) is 0 Å². The Morgan fingerprint density at radius 3 is 2.78 bits per heavy atom. The minimum atomic E-state index is -0.708. The van der Waals surface area contributed by atoms with Crippen molar-refractivity contribution in [1.82, 2.24) is 4.98 Å². The molecule has 0 aliphatic carbocycles. The van der Waals surface area contributed by atoms with Crippen molar-refractivity contribution in [2.75, 3.05) is 6.61 Å². The van der Waals surface area contributed by atoms with Crippen LogP contribution in [0.5, 0.6) is 5.75 Å². The van der Waals surface area contributed by atoms with Crippen LogP contribution in [0.25, 0.3) is 0 Å². The Kier molecular flexibility index (Phi) is 3.95. The molecule has 1 N–H and O–H groups in total. The topological polar surface area (TPSA) is 42.4 Å². The molecule has 0 aliphatic rings. The lowest BCUT2D eigenvalue weighted by molar-refractivity contribution is 0.211. The minimum Gasteiger partial charge on any atom is -0.493 e. The molecule has 0 bridgehead atoms. The Balaban J connectivity index is 2.36. The Morgan fingerprint density at radius 2 is 2.06 bits per heavy atom. The fourth-order valence-corrected chi connectivity index (χ4v) is 1.90. The molecule has 1 unspecified atom stereocenters. The van der Waals surface area contributed by atoms with Gasteiger partial charge >= 0.3 is 0 Å². The number of aromatic nitrogens is 1. The average Bonchev–Trinajstić information content (AvgIpc) is 2.39. The predicted molar refractivity (Wildman–Crippen MR) is 70.6 cm³/mol. The van der Waals surface area contributed by atoms with Crippen molar-refractivity contribution < 1.29 is 9.84 Å². The maximum atomic E-state index is 10.4. The third-order valence-corrected chi connectivity index (χ3v) is 2.73. The van der Waals surface area contributed by atoms with E-state index in [4.69, 9.17) is 4.74 Å². The van der Waals surface area contributed by atoms with Crippen LogP contribution in [0, 0.1) is 6.92 Å². The van der Waals surface area contributed by atoms with Crippen molar-refractivity contribution in [3.8, 4) is 5.75 Å². The molecule has 0 spiro atoms. The van der Waals surface area contributed by atoms with E-state index < -0.39 is 6.10 Å². The molecule has 0 saturated carbocycles. The van der Waals surface area contributed by atoms with Crippen molar-refractivity contribution in [3.63, 3.8) is 0 Å². The lowest BCUT2D eigenvalue weighted by Crippen LogP contribution is -2.04. The zero-order valence-corrected chi connectivity index (χ0v) is 10.6. The highest BCUT2D eigenvalue weighted by Crippen LogP contribution is 2.29. The lowest BCUT2D eigenvalue weighted by atomic mass is 10.0. The number of rotatable bonds is 4. The summed E-state index contributed by atoms with van der Waals surface area (Å²) in [5.41, 5.74) is 2.58. The highest BCUT2D eigenvalue weighted by atomic mass is 16.5. The summed E-state index contributed by atoms with van der Waals surface area (Å²) >= 11 is 0. The van der Waals surface area contributed by atoms with Crippen LogP contribution in [0.3, 0.4) is 0 Å². The SMILES string of the molecule is CCOc1ccccc1C(O)c1cncc(C)c1. The van der Waals surface area contributed by atoms with E-state index in [0.717, 1.165) is 16.7 Å². The minimum absolute atomic E-state index is 0.579. The van der Waals surface area contributed by atoms with Gasteiger partial charge < -0.3 is 9.84 Å². The van der Waals surface area contributed by atoms with Crippen molar-refractivity contribution in [2.45, 2.75) is 20.0 Å². The molecule has 1 heterocycles. The van der Waals surface area contributed by atoms with Gasteiger partial charge in [0.25, 0.3) is 0 Å². The number of ether oxygens (including phenoxy) is 1. The summed E-state index contributed by atoms with van der Waals surface area (Å²) in [5, 5.41) is 10.4. The third kappa shape index (κ3) is 2.68. The molecule has 18 heavy (non-hydrogen) atoms. The van der Waals surface area contributed by atoms with E-state index in [1.807, 2.05) is 44.2 Å². The van der Waals surface area contributed by atoms with Crippen LogP contribution in [-0.4, -0.2) is 16.7 Å². The molecule has 2 aromatic rings. The Morgan fingerprint density at radius 1 is 1.28 bits per heavy atom. The molecule has 3 nitrogen and oxygen atoms in total. The molecule has 0 aliphatic heterocycles. The fraction of sp³-hybridized carbons (Fsp3) is 0.267. The van der Waals surface area contributed by atoms with Gasteiger partial charge in [0.15, 0.2) is 0 Å². The average molecular weight is 243 g/mol. The summed E-state index contributed by atoms with van der Waals surface area (Å²) in [6, 6.07) is 9.46. The van der Waals surface area contributed by atoms with Crippen molar-refractivity contribution >= 4 is 0 Å². The molecule has 0 saturated heterocycles. The molecule has 2 rings (SSSR count). The first-order chi connectivity index (χ1) is 8.72. The van der Waals surface area contributed by atoms with E-state index in [9.17, 15) is 5.11 Å². The number of para-hydroxylation sites is 1. The van der Waals surface area contributed by atoms with Crippen LogP contribution >= 0.6 is 0 Å². The van der Waals surface area contributed by atoms with Crippen LogP contribution in [0.15, 0.2) is 42.7 Å². The number of pyridine rings is 1. The zero-order chi connectivity index (χ0) is 13.0. The summed E-state index contributed by atoms with van der Waals surface area (Å²) < 4.78 is 5.53.